The Bertz CT molecular complexity index is 1490. The van der Waals surface area contributed by atoms with Crippen LogP contribution in [0.25, 0.3) is 16.7 Å². The molecular weight excluding hydrogens is 456 g/mol. The number of benzene rings is 2. The summed E-state index contributed by atoms with van der Waals surface area (Å²) in [6.45, 7) is 6.69. The molecule has 0 bridgehead atoms. The van der Waals surface area contributed by atoms with Gasteiger partial charge in [-0.05, 0) is 68.3 Å². The van der Waals surface area contributed by atoms with Crippen molar-refractivity contribution in [1.82, 2.24) is 19.0 Å². The van der Waals surface area contributed by atoms with Gasteiger partial charge in [0.2, 0.25) is 5.91 Å². The lowest BCUT2D eigenvalue weighted by molar-refractivity contribution is -0.127. The van der Waals surface area contributed by atoms with E-state index in [1.54, 1.807) is 33.5 Å². The summed E-state index contributed by atoms with van der Waals surface area (Å²) in [5, 5.41) is 0. The summed E-state index contributed by atoms with van der Waals surface area (Å²) in [7, 11) is 1.63. The van der Waals surface area contributed by atoms with Gasteiger partial charge in [0, 0.05) is 24.8 Å². The SMILES string of the molecule is C=CC(=O)N1CCC[C@@H](n2c(=O)n(-c3ccc(Oc4cccc(OC)c4C)cc3)c3cnccc32)C1. The zero-order valence-electron chi connectivity index (χ0n) is 20.4. The maximum atomic E-state index is 13.8. The van der Waals surface area contributed by atoms with Gasteiger partial charge in [-0.1, -0.05) is 12.6 Å². The molecule has 2 aromatic carbocycles. The second-order valence-electron chi connectivity index (χ2n) is 8.82. The number of imidazole rings is 1. The summed E-state index contributed by atoms with van der Waals surface area (Å²) in [5.74, 6) is 2.00. The lowest BCUT2D eigenvalue weighted by Crippen LogP contribution is -2.42. The Morgan fingerprint density at radius 1 is 1.11 bits per heavy atom. The van der Waals surface area contributed by atoms with Gasteiger partial charge in [-0.2, -0.15) is 0 Å². The molecule has 4 aromatic rings. The first-order valence-corrected chi connectivity index (χ1v) is 11.9. The van der Waals surface area contributed by atoms with Crippen molar-refractivity contribution in [3.63, 3.8) is 0 Å². The van der Waals surface area contributed by atoms with Crippen LogP contribution in [0.5, 0.6) is 17.2 Å². The Hall–Kier alpha value is -4.33. The molecule has 36 heavy (non-hydrogen) atoms. The summed E-state index contributed by atoms with van der Waals surface area (Å²) in [6, 6.07) is 14.8. The molecule has 0 N–H and O–H groups in total. The summed E-state index contributed by atoms with van der Waals surface area (Å²) in [6.07, 6.45) is 6.35. The highest BCUT2D eigenvalue weighted by atomic mass is 16.5. The van der Waals surface area contributed by atoms with Crippen molar-refractivity contribution in [3.05, 3.63) is 89.6 Å². The molecule has 0 aliphatic carbocycles. The van der Waals surface area contributed by atoms with Crippen LogP contribution in [0.2, 0.25) is 0 Å². The van der Waals surface area contributed by atoms with E-state index in [0.29, 0.717) is 35.8 Å². The Morgan fingerprint density at radius 2 is 1.89 bits per heavy atom. The number of likely N-dealkylation sites (tertiary alicyclic amines) is 1. The Labute approximate surface area is 209 Å². The molecule has 1 aliphatic heterocycles. The van der Waals surface area contributed by atoms with Crippen molar-refractivity contribution in [2.24, 2.45) is 0 Å². The van der Waals surface area contributed by atoms with Crippen LogP contribution in [0.4, 0.5) is 0 Å². The molecule has 0 spiro atoms. The number of piperidine rings is 1. The third-order valence-corrected chi connectivity index (χ3v) is 6.70. The molecule has 0 unspecified atom stereocenters. The molecule has 1 saturated heterocycles. The van der Waals surface area contributed by atoms with Crippen molar-refractivity contribution < 1.29 is 14.3 Å². The van der Waals surface area contributed by atoms with Gasteiger partial charge in [0.25, 0.3) is 0 Å². The van der Waals surface area contributed by atoms with Crippen LogP contribution in [-0.4, -0.2) is 45.1 Å². The lowest BCUT2D eigenvalue weighted by atomic mass is 10.1. The van der Waals surface area contributed by atoms with Crippen LogP contribution < -0.4 is 15.2 Å². The second-order valence-corrected chi connectivity index (χ2v) is 8.82. The average molecular weight is 485 g/mol. The van der Waals surface area contributed by atoms with Crippen LogP contribution in [0.1, 0.15) is 24.4 Å². The van der Waals surface area contributed by atoms with E-state index in [-0.39, 0.29) is 17.6 Å². The number of rotatable bonds is 6. The molecule has 0 saturated carbocycles. The summed E-state index contributed by atoms with van der Waals surface area (Å²) in [5.41, 5.74) is 2.97. The number of methoxy groups -OCH3 is 1. The van der Waals surface area contributed by atoms with Gasteiger partial charge in [0.05, 0.1) is 36.1 Å². The van der Waals surface area contributed by atoms with Crippen LogP contribution in [0.3, 0.4) is 0 Å². The third-order valence-electron chi connectivity index (χ3n) is 6.70. The Morgan fingerprint density at radius 3 is 2.64 bits per heavy atom. The number of carbonyl (C=O) groups excluding carboxylic acids is 1. The minimum atomic E-state index is -0.159. The van der Waals surface area contributed by atoms with E-state index in [1.165, 1.54) is 6.08 Å². The molecule has 0 radical (unpaired) electrons. The summed E-state index contributed by atoms with van der Waals surface area (Å²) in [4.78, 5) is 32.0. The van der Waals surface area contributed by atoms with E-state index >= 15 is 0 Å². The second kappa shape index (κ2) is 9.73. The zero-order chi connectivity index (χ0) is 25.2. The molecule has 3 heterocycles. The number of fused-ring (bicyclic) bond motifs is 1. The van der Waals surface area contributed by atoms with E-state index in [2.05, 4.69) is 11.6 Å². The summed E-state index contributed by atoms with van der Waals surface area (Å²) >= 11 is 0. The number of nitrogens with zero attached hydrogens (tertiary/aromatic N) is 4. The van der Waals surface area contributed by atoms with Crippen molar-refractivity contribution in [2.75, 3.05) is 20.2 Å². The first kappa shape index (κ1) is 23.4. The quantitative estimate of drug-likeness (QED) is 0.373. The first-order valence-electron chi connectivity index (χ1n) is 11.9. The fourth-order valence-electron chi connectivity index (χ4n) is 4.88. The van der Waals surface area contributed by atoms with Crippen molar-refractivity contribution in [3.8, 4) is 22.9 Å². The fourth-order valence-corrected chi connectivity index (χ4v) is 4.88. The molecule has 1 amide bonds. The molecule has 1 aliphatic rings. The van der Waals surface area contributed by atoms with E-state index in [4.69, 9.17) is 9.47 Å². The molecule has 1 atom stereocenters. The van der Waals surface area contributed by atoms with Gasteiger partial charge >= 0.3 is 5.69 Å². The lowest BCUT2D eigenvalue weighted by Gasteiger charge is -2.32. The van der Waals surface area contributed by atoms with Crippen LogP contribution >= 0.6 is 0 Å². The van der Waals surface area contributed by atoms with Crippen molar-refractivity contribution in [2.45, 2.75) is 25.8 Å². The highest BCUT2D eigenvalue weighted by Crippen LogP contribution is 2.32. The van der Waals surface area contributed by atoms with Crippen molar-refractivity contribution in [1.29, 1.82) is 0 Å². The van der Waals surface area contributed by atoms with Gasteiger partial charge < -0.3 is 14.4 Å². The fraction of sp³-hybridized carbons (Fsp3) is 0.250. The smallest absolute Gasteiger partial charge is 0.334 e. The Balaban J connectivity index is 1.50. The van der Waals surface area contributed by atoms with E-state index in [0.717, 1.165) is 29.7 Å². The molecule has 5 rings (SSSR count). The number of hydrogen-bond donors (Lipinski definition) is 0. The monoisotopic (exact) mass is 484 g/mol. The molecule has 184 valence electrons. The maximum absolute atomic E-state index is 13.8. The van der Waals surface area contributed by atoms with Crippen molar-refractivity contribution >= 4 is 16.9 Å². The topological polar surface area (TPSA) is 78.6 Å². The standard InChI is InChI=1S/C28H28N4O4/c1-4-27(33)30-16-6-7-21(18-30)32-23-14-15-29-17-24(23)31(28(32)34)20-10-12-22(13-11-20)36-26-9-5-8-25(35-3)19(26)2/h4-5,8-15,17,21H,1,6-7,16,18H2,2-3H3/t21-/m1/s1. The van der Waals surface area contributed by atoms with Crippen LogP contribution in [0.15, 0.2) is 78.4 Å². The largest absolute Gasteiger partial charge is 0.496 e. The number of amides is 1. The van der Waals surface area contributed by atoms with Gasteiger partial charge in [0.15, 0.2) is 0 Å². The molecule has 1 fully saturated rings. The number of ether oxygens (including phenoxy) is 2. The highest BCUT2D eigenvalue weighted by Gasteiger charge is 2.27. The van der Waals surface area contributed by atoms with Gasteiger partial charge in [0.1, 0.15) is 17.2 Å². The Kier molecular flexibility index (Phi) is 6.33. The van der Waals surface area contributed by atoms with E-state index in [9.17, 15) is 9.59 Å². The zero-order valence-corrected chi connectivity index (χ0v) is 20.4. The predicted molar refractivity (Wildman–Crippen MR) is 138 cm³/mol. The number of hydrogen-bond acceptors (Lipinski definition) is 5. The van der Waals surface area contributed by atoms with Gasteiger partial charge in [-0.3, -0.25) is 18.9 Å². The first-order chi connectivity index (χ1) is 17.5. The molecule has 8 heteroatoms. The minimum Gasteiger partial charge on any atom is -0.496 e. The minimum absolute atomic E-state index is 0.111. The molecule has 8 nitrogen and oxygen atoms in total. The average Bonchev–Trinajstić information content (AvgIpc) is 3.21. The van der Waals surface area contributed by atoms with E-state index < -0.39 is 0 Å². The molecule has 2 aromatic heterocycles. The van der Waals surface area contributed by atoms with Crippen LogP contribution in [0, 0.1) is 6.92 Å². The predicted octanol–water partition coefficient (Wildman–Crippen LogP) is 4.65. The maximum Gasteiger partial charge on any atom is 0.334 e. The van der Waals surface area contributed by atoms with Crippen LogP contribution in [-0.2, 0) is 4.79 Å². The normalized spacial score (nSPS) is 15.6. The third kappa shape index (κ3) is 4.15. The summed E-state index contributed by atoms with van der Waals surface area (Å²) < 4.78 is 14.9. The van der Waals surface area contributed by atoms with E-state index in [1.807, 2.05) is 55.5 Å². The molecular formula is C28H28N4O4. The van der Waals surface area contributed by atoms with Gasteiger partial charge in [-0.15, -0.1) is 0 Å². The number of aromatic nitrogens is 3. The number of pyridine rings is 1. The number of carbonyl (C=O) groups is 1. The van der Waals surface area contributed by atoms with Gasteiger partial charge in [-0.25, -0.2) is 4.79 Å². The highest BCUT2D eigenvalue weighted by molar-refractivity contribution is 5.87.